The molecule has 118 valence electrons. The van der Waals surface area contributed by atoms with Crippen LogP contribution in [0.15, 0.2) is 82.8 Å². The lowest BCUT2D eigenvalue weighted by Gasteiger charge is -1.98. The van der Waals surface area contributed by atoms with Crippen molar-refractivity contribution in [3.05, 3.63) is 83.9 Å². The van der Waals surface area contributed by atoms with E-state index in [-0.39, 0.29) is 11.5 Å². The quantitative estimate of drug-likeness (QED) is 0.691. The van der Waals surface area contributed by atoms with Gasteiger partial charge in [0.05, 0.1) is 11.4 Å². The third-order valence-electron chi connectivity index (χ3n) is 3.34. The summed E-state index contributed by atoms with van der Waals surface area (Å²) in [6.07, 6.45) is 3.48. The predicted octanol–water partition coefficient (Wildman–Crippen LogP) is 4.60. The van der Waals surface area contributed by atoms with Crippen molar-refractivity contribution in [1.82, 2.24) is 0 Å². The van der Waals surface area contributed by atoms with Crippen LogP contribution in [0.4, 0.5) is 11.4 Å². The molecule has 0 atom stereocenters. The van der Waals surface area contributed by atoms with Gasteiger partial charge in [-0.25, -0.2) is 0 Å². The van der Waals surface area contributed by atoms with Crippen LogP contribution in [0, 0.1) is 0 Å². The average Bonchev–Trinajstić information content (AvgIpc) is 2.61. The summed E-state index contributed by atoms with van der Waals surface area (Å²) in [4.78, 5) is 8.84. The van der Waals surface area contributed by atoms with Crippen LogP contribution in [0.3, 0.4) is 0 Å². The van der Waals surface area contributed by atoms with Gasteiger partial charge in [0.1, 0.15) is 11.5 Å². The molecule has 2 N–H and O–H groups in total. The lowest BCUT2D eigenvalue weighted by atomic mass is 10.2. The van der Waals surface area contributed by atoms with Crippen molar-refractivity contribution >= 4 is 23.8 Å². The molecule has 0 amide bonds. The molecule has 3 rings (SSSR count). The Morgan fingerprint density at radius 2 is 1.00 bits per heavy atom. The highest BCUT2D eigenvalue weighted by atomic mass is 16.3. The zero-order valence-electron chi connectivity index (χ0n) is 12.9. The summed E-state index contributed by atoms with van der Waals surface area (Å²) in [5, 5.41) is 18.5. The minimum absolute atomic E-state index is 0.234. The number of phenols is 2. The Morgan fingerprint density at radius 1 is 0.583 bits per heavy atom. The molecule has 0 fully saturated rings. The monoisotopic (exact) mass is 316 g/mol. The van der Waals surface area contributed by atoms with E-state index >= 15 is 0 Å². The number of aromatic hydroxyl groups is 2. The molecule has 0 spiro atoms. The highest BCUT2D eigenvalue weighted by molar-refractivity contribution is 5.84. The molecule has 0 aliphatic heterocycles. The summed E-state index contributed by atoms with van der Waals surface area (Å²) in [5.74, 6) is 0.468. The van der Waals surface area contributed by atoms with Gasteiger partial charge in [-0.05, 0) is 77.9 Å². The molecular formula is C20H16N2O2. The Morgan fingerprint density at radius 3 is 1.42 bits per heavy atom. The van der Waals surface area contributed by atoms with Crippen molar-refractivity contribution in [1.29, 1.82) is 0 Å². The smallest absolute Gasteiger partial charge is 0.115 e. The Kier molecular flexibility index (Phi) is 4.68. The van der Waals surface area contributed by atoms with Gasteiger partial charge in [0.25, 0.3) is 0 Å². The average molecular weight is 316 g/mol. The largest absolute Gasteiger partial charge is 0.508 e. The molecule has 4 heteroatoms. The van der Waals surface area contributed by atoms with E-state index in [2.05, 4.69) is 9.98 Å². The van der Waals surface area contributed by atoms with Gasteiger partial charge in [-0.2, -0.15) is 0 Å². The summed E-state index contributed by atoms with van der Waals surface area (Å²) >= 11 is 0. The van der Waals surface area contributed by atoms with Gasteiger partial charge in [0, 0.05) is 12.4 Å². The van der Waals surface area contributed by atoms with Gasteiger partial charge in [0.2, 0.25) is 0 Å². The van der Waals surface area contributed by atoms with Crippen LogP contribution in [0.25, 0.3) is 0 Å². The van der Waals surface area contributed by atoms with Crippen molar-refractivity contribution in [2.45, 2.75) is 0 Å². The molecule has 0 radical (unpaired) electrons. The molecule has 0 saturated carbocycles. The van der Waals surface area contributed by atoms with Crippen LogP contribution in [-0.2, 0) is 0 Å². The van der Waals surface area contributed by atoms with Gasteiger partial charge in [-0.15, -0.1) is 0 Å². The zero-order valence-corrected chi connectivity index (χ0v) is 12.9. The zero-order chi connectivity index (χ0) is 16.8. The van der Waals surface area contributed by atoms with Crippen molar-refractivity contribution in [2.24, 2.45) is 9.98 Å². The first-order valence-corrected chi connectivity index (χ1v) is 7.45. The van der Waals surface area contributed by atoms with Gasteiger partial charge in [-0.1, -0.05) is 6.07 Å². The number of benzene rings is 3. The summed E-state index contributed by atoms with van der Waals surface area (Å²) < 4.78 is 0. The van der Waals surface area contributed by atoms with E-state index in [1.165, 1.54) is 0 Å². The Bertz CT molecular complexity index is 796. The van der Waals surface area contributed by atoms with E-state index in [0.29, 0.717) is 0 Å². The number of nitrogens with zero attached hydrogens (tertiary/aromatic N) is 2. The van der Waals surface area contributed by atoms with Crippen LogP contribution in [0.2, 0.25) is 0 Å². The van der Waals surface area contributed by atoms with E-state index in [1.54, 1.807) is 61.0 Å². The molecule has 3 aromatic rings. The highest BCUT2D eigenvalue weighted by Crippen LogP contribution is 2.21. The first-order chi connectivity index (χ1) is 11.7. The maximum Gasteiger partial charge on any atom is 0.115 e. The number of hydrogen-bond acceptors (Lipinski definition) is 4. The first-order valence-electron chi connectivity index (χ1n) is 7.45. The van der Waals surface area contributed by atoms with E-state index in [4.69, 9.17) is 0 Å². The van der Waals surface area contributed by atoms with E-state index < -0.39 is 0 Å². The summed E-state index contributed by atoms with van der Waals surface area (Å²) in [6, 6.07) is 21.3. The lowest BCUT2D eigenvalue weighted by molar-refractivity contribution is 0.475. The van der Waals surface area contributed by atoms with Gasteiger partial charge < -0.3 is 10.2 Å². The Balaban J connectivity index is 1.74. The second kappa shape index (κ2) is 7.24. The van der Waals surface area contributed by atoms with Gasteiger partial charge >= 0.3 is 0 Å². The van der Waals surface area contributed by atoms with Crippen LogP contribution < -0.4 is 0 Å². The van der Waals surface area contributed by atoms with Crippen LogP contribution in [0.1, 0.15) is 11.1 Å². The lowest BCUT2D eigenvalue weighted by Crippen LogP contribution is -1.80. The van der Waals surface area contributed by atoms with E-state index in [1.807, 2.05) is 24.3 Å². The van der Waals surface area contributed by atoms with Crippen molar-refractivity contribution in [3.63, 3.8) is 0 Å². The Labute approximate surface area is 140 Å². The number of rotatable bonds is 4. The molecule has 4 nitrogen and oxygen atoms in total. The third kappa shape index (κ3) is 4.30. The number of phenolic OH excluding ortho intramolecular Hbond substituents is 2. The number of hydrogen-bond donors (Lipinski definition) is 2. The third-order valence-corrected chi connectivity index (χ3v) is 3.34. The Hall–Kier alpha value is -3.40. The van der Waals surface area contributed by atoms with Gasteiger partial charge in [-0.3, -0.25) is 9.98 Å². The highest BCUT2D eigenvalue weighted by Gasteiger charge is 1.94. The fourth-order valence-electron chi connectivity index (χ4n) is 2.07. The van der Waals surface area contributed by atoms with E-state index in [0.717, 1.165) is 22.5 Å². The molecule has 3 aromatic carbocycles. The molecule has 0 unspecified atom stereocenters. The molecule has 0 aliphatic rings. The minimum Gasteiger partial charge on any atom is -0.508 e. The molecule has 0 heterocycles. The first kappa shape index (κ1) is 15.5. The minimum atomic E-state index is 0.234. The van der Waals surface area contributed by atoms with Crippen LogP contribution in [0.5, 0.6) is 11.5 Å². The molecule has 0 aliphatic carbocycles. The summed E-state index contributed by atoms with van der Waals surface area (Å²) in [7, 11) is 0. The maximum atomic E-state index is 9.27. The van der Waals surface area contributed by atoms with Crippen molar-refractivity contribution in [3.8, 4) is 11.5 Å². The second-order valence-corrected chi connectivity index (χ2v) is 5.22. The standard InChI is InChI=1S/C20H16N2O2/c23-19-8-4-15(5-9-19)13-21-17-2-1-3-18(12-17)22-14-16-6-10-20(24)11-7-16/h1-14,23-24H. The molecule has 0 aromatic heterocycles. The van der Waals surface area contributed by atoms with Gasteiger partial charge in [0.15, 0.2) is 0 Å². The predicted molar refractivity (Wildman–Crippen MR) is 97.2 cm³/mol. The van der Waals surface area contributed by atoms with E-state index in [9.17, 15) is 10.2 Å². The van der Waals surface area contributed by atoms with Crippen LogP contribution in [-0.4, -0.2) is 22.6 Å². The van der Waals surface area contributed by atoms with Crippen molar-refractivity contribution < 1.29 is 10.2 Å². The molecular weight excluding hydrogens is 300 g/mol. The molecule has 0 bridgehead atoms. The topological polar surface area (TPSA) is 65.2 Å². The second-order valence-electron chi connectivity index (χ2n) is 5.22. The SMILES string of the molecule is Oc1ccc(C=Nc2cccc(N=Cc3ccc(O)cc3)c2)cc1. The summed E-state index contributed by atoms with van der Waals surface area (Å²) in [6.45, 7) is 0. The molecule has 0 saturated heterocycles. The van der Waals surface area contributed by atoms with Crippen molar-refractivity contribution in [2.75, 3.05) is 0 Å². The summed E-state index contributed by atoms with van der Waals surface area (Å²) in [5.41, 5.74) is 3.41. The maximum absolute atomic E-state index is 9.27. The fourth-order valence-corrected chi connectivity index (χ4v) is 2.07. The number of aliphatic imine (C=N–C) groups is 2. The normalized spacial score (nSPS) is 11.3. The van der Waals surface area contributed by atoms with Crippen LogP contribution >= 0.6 is 0 Å². The fraction of sp³-hybridized carbons (Fsp3) is 0. The molecule has 24 heavy (non-hydrogen) atoms.